The van der Waals surface area contributed by atoms with E-state index >= 15 is 0 Å². The molecule has 1 unspecified atom stereocenters. The number of nitrogens with one attached hydrogen (secondary N) is 2. The number of nitrogens with zero attached hydrogens (tertiary/aromatic N) is 1. The van der Waals surface area contributed by atoms with Crippen molar-refractivity contribution in [3.8, 4) is 5.75 Å². The lowest BCUT2D eigenvalue weighted by molar-refractivity contribution is 0.0869. The van der Waals surface area contributed by atoms with E-state index < -0.39 is 5.54 Å². The molecule has 1 aromatic carbocycles. The van der Waals surface area contributed by atoms with Gasteiger partial charge in [0.25, 0.3) is 5.91 Å². The molecule has 2 heterocycles. The highest BCUT2D eigenvalue weighted by atomic mass is 35.5. The molecule has 7 heteroatoms. The monoisotopic (exact) mass is 321 g/mol. The van der Waals surface area contributed by atoms with Crippen LogP contribution in [0.15, 0.2) is 30.6 Å². The first-order chi connectivity index (χ1) is 10.6. The summed E-state index contributed by atoms with van der Waals surface area (Å²) in [6.45, 7) is 0.960. The van der Waals surface area contributed by atoms with Gasteiger partial charge in [0.05, 0.1) is 18.7 Å². The van der Waals surface area contributed by atoms with Crippen LogP contribution in [0.2, 0.25) is 5.02 Å². The molecule has 1 atom stereocenters. The van der Waals surface area contributed by atoms with Crippen molar-refractivity contribution in [1.29, 1.82) is 0 Å². The second-order valence-electron chi connectivity index (χ2n) is 5.13. The fraction of sp³-hybridized carbons (Fsp3) is 0.333. The number of imidazole rings is 1. The molecule has 116 valence electrons. The zero-order chi connectivity index (χ0) is 15.6. The van der Waals surface area contributed by atoms with Gasteiger partial charge in [0.2, 0.25) is 0 Å². The molecule has 22 heavy (non-hydrogen) atoms. The number of carbonyl (C=O) groups excluding carboxylic acids is 1. The van der Waals surface area contributed by atoms with Crippen LogP contribution >= 0.6 is 11.6 Å². The van der Waals surface area contributed by atoms with Gasteiger partial charge in [0.1, 0.15) is 17.1 Å². The van der Waals surface area contributed by atoms with Gasteiger partial charge in [-0.25, -0.2) is 4.98 Å². The Balaban J connectivity index is 1.86. The third-order valence-corrected chi connectivity index (χ3v) is 4.05. The first kappa shape index (κ1) is 14.9. The molecular formula is C15H16ClN3O3. The molecule has 0 spiro atoms. The number of H-pyrrole nitrogens is 1. The lowest BCUT2D eigenvalue weighted by atomic mass is 9.97. The van der Waals surface area contributed by atoms with Crippen molar-refractivity contribution < 1.29 is 14.3 Å². The van der Waals surface area contributed by atoms with Gasteiger partial charge in [-0.3, -0.25) is 4.79 Å². The minimum Gasteiger partial charge on any atom is -0.495 e. The fourth-order valence-corrected chi connectivity index (χ4v) is 2.72. The number of carbonyl (C=O) groups is 1. The Morgan fingerprint density at radius 3 is 3.05 bits per heavy atom. The molecule has 0 radical (unpaired) electrons. The van der Waals surface area contributed by atoms with Crippen molar-refractivity contribution >= 4 is 17.5 Å². The van der Waals surface area contributed by atoms with E-state index in [2.05, 4.69) is 15.3 Å². The molecule has 3 rings (SSSR count). The number of benzene rings is 1. The molecule has 1 aliphatic rings. The van der Waals surface area contributed by atoms with Gasteiger partial charge in [0, 0.05) is 31.0 Å². The Kier molecular flexibility index (Phi) is 4.04. The van der Waals surface area contributed by atoms with Gasteiger partial charge in [-0.2, -0.15) is 0 Å². The van der Waals surface area contributed by atoms with Crippen molar-refractivity contribution in [3.05, 3.63) is 47.0 Å². The predicted octanol–water partition coefficient (Wildman–Crippen LogP) is 2.12. The summed E-state index contributed by atoms with van der Waals surface area (Å²) in [5.74, 6) is 0.931. The van der Waals surface area contributed by atoms with Gasteiger partial charge in [-0.15, -0.1) is 0 Å². The van der Waals surface area contributed by atoms with Crippen molar-refractivity contribution in [1.82, 2.24) is 15.3 Å². The van der Waals surface area contributed by atoms with Crippen LogP contribution in [0.1, 0.15) is 22.6 Å². The van der Waals surface area contributed by atoms with E-state index in [4.69, 9.17) is 21.1 Å². The Morgan fingerprint density at radius 2 is 2.41 bits per heavy atom. The van der Waals surface area contributed by atoms with E-state index in [-0.39, 0.29) is 5.91 Å². The van der Waals surface area contributed by atoms with E-state index in [1.807, 2.05) is 0 Å². The van der Waals surface area contributed by atoms with E-state index in [0.717, 1.165) is 0 Å². The summed E-state index contributed by atoms with van der Waals surface area (Å²) in [7, 11) is 1.51. The first-order valence-electron chi connectivity index (χ1n) is 6.88. The molecule has 1 amide bonds. The standard InChI is InChI=1S/C15H16ClN3O3/c1-21-12-8-10(2-3-11(12)16)13(20)19-15(4-7-22-9-15)14-17-5-6-18-14/h2-3,5-6,8H,4,7,9H2,1H3,(H,17,18)(H,19,20). The van der Waals surface area contributed by atoms with Crippen molar-refractivity contribution in [2.45, 2.75) is 12.0 Å². The Labute approximate surface area is 132 Å². The maximum Gasteiger partial charge on any atom is 0.252 e. The molecule has 2 aromatic rings. The minimum absolute atomic E-state index is 0.225. The fourth-order valence-electron chi connectivity index (χ4n) is 2.53. The van der Waals surface area contributed by atoms with Gasteiger partial charge < -0.3 is 19.8 Å². The van der Waals surface area contributed by atoms with Crippen LogP contribution in [0.25, 0.3) is 0 Å². The number of rotatable bonds is 4. The molecule has 0 bridgehead atoms. The lowest BCUT2D eigenvalue weighted by Crippen LogP contribution is -2.47. The van der Waals surface area contributed by atoms with Crippen LogP contribution in [-0.2, 0) is 10.3 Å². The molecule has 1 fully saturated rings. The van der Waals surface area contributed by atoms with E-state index in [1.54, 1.807) is 30.6 Å². The normalized spacial score (nSPS) is 20.8. The number of amides is 1. The van der Waals surface area contributed by atoms with Crippen molar-refractivity contribution in [2.75, 3.05) is 20.3 Å². The number of methoxy groups -OCH3 is 1. The van der Waals surface area contributed by atoms with Crippen LogP contribution in [-0.4, -0.2) is 36.2 Å². The van der Waals surface area contributed by atoms with Crippen molar-refractivity contribution in [2.24, 2.45) is 0 Å². The Bertz CT molecular complexity index is 667. The summed E-state index contributed by atoms with van der Waals surface area (Å²) in [6, 6.07) is 4.91. The second kappa shape index (κ2) is 5.98. The number of ether oxygens (including phenoxy) is 2. The Morgan fingerprint density at radius 1 is 1.55 bits per heavy atom. The van der Waals surface area contributed by atoms with E-state index in [9.17, 15) is 4.79 Å². The van der Waals surface area contributed by atoms with Gasteiger partial charge >= 0.3 is 0 Å². The summed E-state index contributed by atoms with van der Waals surface area (Å²) < 4.78 is 10.6. The highest BCUT2D eigenvalue weighted by molar-refractivity contribution is 6.32. The number of hydrogen-bond acceptors (Lipinski definition) is 4. The van der Waals surface area contributed by atoms with E-state index in [0.29, 0.717) is 41.8 Å². The maximum absolute atomic E-state index is 12.6. The van der Waals surface area contributed by atoms with Gasteiger partial charge in [-0.1, -0.05) is 11.6 Å². The van der Waals surface area contributed by atoms with Crippen LogP contribution in [0.3, 0.4) is 0 Å². The number of aromatic amines is 1. The average molecular weight is 322 g/mol. The molecule has 2 N–H and O–H groups in total. The molecule has 1 aliphatic heterocycles. The molecular weight excluding hydrogens is 306 g/mol. The number of hydrogen-bond donors (Lipinski definition) is 2. The summed E-state index contributed by atoms with van der Waals surface area (Å²) in [6.07, 6.45) is 4.05. The Hall–Kier alpha value is -2.05. The summed E-state index contributed by atoms with van der Waals surface area (Å²) in [5.41, 5.74) is -0.160. The quantitative estimate of drug-likeness (QED) is 0.904. The van der Waals surface area contributed by atoms with Crippen LogP contribution < -0.4 is 10.1 Å². The molecule has 0 saturated carbocycles. The topological polar surface area (TPSA) is 76.2 Å². The minimum atomic E-state index is -0.631. The number of aromatic nitrogens is 2. The highest BCUT2D eigenvalue weighted by Crippen LogP contribution is 2.29. The maximum atomic E-state index is 12.6. The van der Waals surface area contributed by atoms with Crippen LogP contribution in [0.4, 0.5) is 0 Å². The molecule has 1 saturated heterocycles. The first-order valence-corrected chi connectivity index (χ1v) is 7.26. The summed E-state index contributed by atoms with van der Waals surface area (Å²) >= 11 is 5.99. The highest BCUT2D eigenvalue weighted by Gasteiger charge is 2.40. The third kappa shape index (κ3) is 2.67. The molecule has 6 nitrogen and oxygen atoms in total. The molecule has 0 aliphatic carbocycles. The zero-order valence-corrected chi connectivity index (χ0v) is 12.8. The van der Waals surface area contributed by atoms with E-state index in [1.165, 1.54) is 7.11 Å². The van der Waals surface area contributed by atoms with Crippen LogP contribution in [0.5, 0.6) is 5.75 Å². The summed E-state index contributed by atoms with van der Waals surface area (Å²) in [5, 5.41) is 3.49. The number of halogens is 1. The average Bonchev–Trinajstić information content (AvgIpc) is 3.19. The third-order valence-electron chi connectivity index (χ3n) is 3.74. The lowest BCUT2D eigenvalue weighted by Gasteiger charge is -2.26. The smallest absolute Gasteiger partial charge is 0.252 e. The predicted molar refractivity (Wildman–Crippen MR) is 81.2 cm³/mol. The van der Waals surface area contributed by atoms with Gasteiger partial charge in [0.15, 0.2) is 0 Å². The zero-order valence-electron chi connectivity index (χ0n) is 12.1. The van der Waals surface area contributed by atoms with Crippen molar-refractivity contribution in [3.63, 3.8) is 0 Å². The SMILES string of the molecule is COc1cc(C(=O)NC2(c3ncc[nH]3)CCOC2)ccc1Cl. The van der Waals surface area contributed by atoms with Crippen LogP contribution in [0, 0.1) is 0 Å². The second-order valence-corrected chi connectivity index (χ2v) is 5.53. The summed E-state index contributed by atoms with van der Waals surface area (Å²) in [4.78, 5) is 19.9. The largest absolute Gasteiger partial charge is 0.495 e. The van der Waals surface area contributed by atoms with Gasteiger partial charge in [-0.05, 0) is 18.2 Å². The molecule has 1 aromatic heterocycles.